The zero-order valence-electron chi connectivity index (χ0n) is 10.5. The second-order valence-electron chi connectivity index (χ2n) is 4.37. The number of hydrogen-bond acceptors (Lipinski definition) is 4. The second kappa shape index (κ2) is 4.78. The first-order valence-corrected chi connectivity index (χ1v) is 6.04. The first-order valence-electron chi connectivity index (χ1n) is 6.04. The van der Waals surface area contributed by atoms with Crippen LogP contribution in [0.15, 0.2) is 41.2 Å². The lowest BCUT2D eigenvalue weighted by atomic mass is 10.0. The zero-order valence-corrected chi connectivity index (χ0v) is 10.5. The number of benzene rings is 1. The van der Waals surface area contributed by atoms with Gasteiger partial charge in [0.15, 0.2) is 6.61 Å². The summed E-state index contributed by atoms with van der Waals surface area (Å²) in [4.78, 5) is 11.3. The molecule has 0 saturated carbocycles. The van der Waals surface area contributed by atoms with Gasteiger partial charge in [0, 0.05) is 5.56 Å². The Bertz CT molecular complexity index is 593. The van der Waals surface area contributed by atoms with E-state index in [9.17, 15) is 4.79 Å². The fourth-order valence-corrected chi connectivity index (χ4v) is 2.25. The molecule has 5 heteroatoms. The minimum atomic E-state index is -0.131. The van der Waals surface area contributed by atoms with Crippen LogP contribution in [-0.2, 0) is 4.79 Å². The quantitative estimate of drug-likeness (QED) is 0.882. The number of rotatable bonds is 3. The number of furan rings is 1. The molecule has 0 saturated heterocycles. The molecule has 1 unspecified atom stereocenters. The summed E-state index contributed by atoms with van der Waals surface area (Å²) < 4.78 is 10.5. The van der Waals surface area contributed by atoms with E-state index in [1.54, 1.807) is 12.5 Å². The van der Waals surface area contributed by atoms with E-state index >= 15 is 0 Å². The molecular formula is C14H14N2O3. The Morgan fingerprint density at radius 3 is 2.95 bits per heavy atom. The van der Waals surface area contributed by atoms with Gasteiger partial charge in [0.2, 0.25) is 0 Å². The minimum absolute atomic E-state index is 0.0166. The molecule has 1 aromatic heterocycles. The van der Waals surface area contributed by atoms with Crippen LogP contribution in [0, 0.1) is 0 Å². The van der Waals surface area contributed by atoms with Gasteiger partial charge in [-0.1, -0.05) is 6.07 Å². The second-order valence-corrected chi connectivity index (χ2v) is 4.37. The zero-order chi connectivity index (χ0) is 13.2. The highest BCUT2D eigenvalue weighted by atomic mass is 16.5. The van der Waals surface area contributed by atoms with Gasteiger partial charge in [-0.25, -0.2) is 0 Å². The van der Waals surface area contributed by atoms with Gasteiger partial charge in [-0.05, 0) is 30.8 Å². The summed E-state index contributed by atoms with van der Waals surface area (Å²) in [6.45, 7) is 0.0729. The van der Waals surface area contributed by atoms with Gasteiger partial charge >= 0.3 is 0 Å². The van der Waals surface area contributed by atoms with E-state index in [4.69, 9.17) is 9.15 Å². The van der Waals surface area contributed by atoms with Crippen LogP contribution in [0.5, 0.6) is 5.75 Å². The molecule has 1 aromatic carbocycles. The predicted molar refractivity (Wildman–Crippen MR) is 70.2 cm³/mol. The van der Waals surface area contributed by atoms with Crippen LogP contribution in [-0.4, -0.2) is 19.6 Å². The van der Waals surface area contributed by atoms with Crippen molar-refractivity contribution in [1.29, 1.82) is 0 Å². The number of fused-ring (bicyclic) bond motifs is 1. The Morgan fingerprint density at radius 1 is 1.32 bits per heavy atom. The highest BCUT2D eigenvalue weighted by molar-refractivity contribution is 5.95. The van der Waals surface area contributed by atoms with Gasteiger partial charge in [0.25, 0.3) is 5.91 Å². The Hall–Kier alpha value is -2.27. The molecule has 98 valence electrons. The van der Waals surface area contributed by atoms with Crippen LogP contribution < -0.4 is 15.4 Å². The van der Waals surface area contributed by atoms with Crippen LogP contribution in [0.4, 0.5) is 5.69 Å². The molecule has 0 radical (unpaired) electrons. The average molecular weight is 258 g/mol. The summed E-state index contributed by atoms with van der Waals surface area (Å²) in [6.07, 6.45) is 3.35. The molecule has 1 atom stereocenters. The Labute approximate surface area is 110 Å². The van der Waals surface area contributed by atoms with Crippen LogP contribution >= 0.6 is 0 Å². The molecule has 5 nitrogen and oxygen atoms in total. The SMILES string of the molecule is CNC(c1ccoc1)c1ccc2c(c1)NC(=O)CO2. The number of amides is 1. The number of hydrogen-bond donors (Lipinski definition) is 2. The standard InChI is InChI=1S/C14H14N2O3/c1-15-14(10-4-5-18-7-10)9-2-3-12-11(6-9)16-13(17)8-19-12/h2-7,14-15H,8H2,1H3,(H,16,17). The molecule has 1 amide bonds. The van der Waals surface area contributed by atoms with Crippen molar-refractivity contribution in [2.45, 2.75) is 6.04 Å². The summed E-state index contributed by atoms with van der Waals surface area (Å²) in [5.41, 5.74) is 2.77. The highest BCUT2D eigenvalue weighted by Gasteiger charge is 2.19. The molecule has 2 aromatic rings. The van der Waals surface area contributed by atoms with Crippen molar-refractivity contribution in [2.75, 3.05) is 19.0 Å². The molecular weight excluding hydrogens is 244 g/mol. The summed E-state index contributed by atoms with van der Waals surface area (Å²) in [7, 11) is 1.88. The van der Waals surface area contributed by atoms with E-state index in [1.807, 2.05) is 31.3 Å². The van der Waals surface area contributed by atoms with E-state index < -0.39 is 0 Å². The Kier molecular flexibility index (Phi) is 2.97. The molecule has 0 aliphatic carbocycles. The maximum Gasteiger partial charge on any atom is 0.262 e. The van der Waals surface area contributed by atoms with Crippen molar-refractivity contribution < 1.29 is 13.9 Å². The average Bonchev–Trinajstić information content (AvgIpc) is 2.93. The van der Waals surface area contributed by atoms with Crippen molar-refractivity contribution in [2.24, 2.45) is 0 Å². The van der Waals surface area contributed by atoms with E-state index in [0.29, 0.717) is 11.4 Å². The molecule has 0 spiro atoms. The fourth-order valence-electron chi connectivity index (χ4n) is 2.25. The van der Waals surface area contributed by atoms with Gasteiger partial charge in [-0.3, -0.25) is 4.79 Å². The number of anilines is 1. The third-order valence-electron chi connectivity index (χ3n) is 3.13. The van der Waals surface area contributed by atoms with E-state index in [1.165, 1.54) is 0 Å². The van der Waals surface area contributed by atoms with Crippen molar-refractivity contribution in [3.05, 3.63) is 47.9 Å². The smallest absolute Gasteiger partial charge is 0.262 e. The van der Waals surface area contributed by atoms with Crippen molar-refractivity contribution in [1.82, 2.24) is 5.32 Å². The summed E-state index contributed by atoms with van der Waals surface area (Å²) in [5, 5.41) is 6.03. The van der Waals surface area contributed by atoms with Gasteiger partial charge in [0.1, 0.15) is 5.75 Å². The Morgan fingerprint density at radius 2 is 2.21 bits per heavy atom. The molecule has 1 aliphatic rings. The maximum absolute atomic E-state index is 11.3. The number of ether oxygens (including phenoxy) is 1. The monoisotopic (exact) mass is 258 g/mol. The van der Waals surface area contributed by atoms with Crippen molar-refractivity contribution >= 4 is 11.6 Å². The van der Waals surface area contributed by atoms with Gasteiger partial charge in [-0.2, -0.15) is 0 Å². The number of carbonyl (C=O) groups is 1. The molecule has 2 N–H and O–H groups in total. The molecule has 1 aliphatic heterocycles. The molecule has 19 heavy (non-hydrogen) atoms. The lowest BCUT2D eigenvalue weighted by Crippen LogP contribution is -2.26. The minimum Gasteiger partial charge on any atom is -0.482 e. The van der Waals surface area contributed by atoms with Crippen LogP contribution in [0.3, 0.4) is 0 Å². The Balaban J connectivity index is 1.97. The first kappa shape index (κ1) is 11.8. The first-order chi connectivity index (χ1) is 9.28. The predicted octanol–water partition coefficient (Wildman–Crippen LogP) is 1.92. The van der Waals surface area contributed by atoms with Crippen LogP contribution in [0.25, 0.3) is 0 Å². The summed E-state index contributed by atoms with van der Waals surface area (Å²) in [5.74, 6) is 0.569. The van der Waals surface area contributed by atoms with Crippen molar-refractivity contribution in [3.63, 3.8) is 0 Å². The fraction of sp³-hybridized carbons (Fsp3) is 0.214. The lowest BCUT2D eigenvalue weighted by Gasteiger charge is -2.21. The molecule has 0 fully saturated rings. The van der Waals surface area contributed by atoms with Gasteiger partial charge in [0.05, 0.1) is 24.3 Å². The van der Waals surface area contributed by atoms with Crippen LogP contribution in [0.1, 0.15) is 17.2 Å². The highest BCUT2D eigenvalue weighted by Crippen LogP contribution is 2.32. The van der Waals surface area contributed by atoms with E-state index in [2.05, 4.69) is 10.6 Å². The van der Waals surface area contributed by atoms with Gasteiger partial charge < -0.3 is 19.8 Å². The summed E-state index contributed by atoms with van der Waals surface area (Å²) in [6, 6.07) is 7.69. The topological polar surface area (TPSA) is 63.5 Å². The maximum atomic E-state index is 11.3. The van der Waals surface area contributed by atoms with Crippen LogP contribution in [0.2, 0.25) is 0 Å². The number of nitrogens with one attached hydrogen (secondary N) is 2. The normalized spacial score (nSPS) is 15.3. The lowest BCUT2D eigenvalue weighted by molar-refractivity contribution is -0.118. The third-order valence-corrected chi connectivity index (χ3v) is 3.13. The van der Waals surface area contributed by atoms with E-state index in [-0.39, 0.29) is 18.6 Å². The molecule has 3 rings (SSSR count). The van der Waals surface area contributed by atoms with E-state index in [0.717, 1.165) is 11.1 Å². The molecule has 0 bridgehead atoms. The summed E-state index contributed by atoms with van der Waals surface area (Å²) >= 11 is 0. The number of carbonyl (C=O) groups excluding carboxylic acids is 1. The van der Waals surface area contributed by atoms with Crippen molar-refractivity contribution in [3.8, 4) is 5.75 Å². The third kappa shape index (κ3) is 2.20. The van der Waals surface area contributed by atoms with Gasteiger partial charge in [-0.15, -0.1) is 0 Å². The molecule has 2 heterocycles. The largest absolute Gasteiger partial charge is 0.482 e.